The summed E-state index contributed by atoms with van der Waals surface area (Å²) in [6.45, 7) is 13.5. The van der Waals surface area contributed by atoms with Gasteiger partial charge in [0.1, 0.15) is 5.78 Å². The third kappa shape index (κ3) is 12.1. The summed E-state index contributed by atoms with van der Waals surface area (Å²) in [4.78, 5) is 31.6. The lowest BCUT2D eigenvalue weighted by molar-refractivity contribution is -0.142. The van der Waals surface area contributed by atoms with E-state index in [-0.39, 0.29) is 30.6 Å². The summed E-state index contributed by atoms with van der Waals surface area (Å²) in [6, 6.07) is 3.90. The molecule has 1 aromatic rings. The molecule has 0 saturated heterocycles. The zero-order valence-electron chi connectivity index (χ0n) is 17.8. The predicted octanol–water partition coefficient (Wildman–Crippen LogP) is 6.55. The molecule has 0 saturated carbocycles. The van der Waals surface area contributed by atoms with Crippen LogP contribution < -0.4 is 0 Å². The second-order valence-corrected chi connectivity index (χ2v) is 7.21. The van der Waals surface area contributed by atoms with Gasteiger partial charge in [0, 0.05) is 12.0 Å². The van der Waals surface area contributed by atoms with Crippen molar-refractivity contribution in [1.82, 2.24) is 0 Å². The van der Waals surface area contributed by atoms with Crippen molar-refractivity contribution >= 4 is 17.5 Å². The van der Waals surface area contributed by atoms with Crippen molar-refractivity contribution in [3.63, 3.8) is 0 Å². The topological polar surface area (TPSA) is 71.4 Å². The van der Waals surface area contributed by atoms with Crippen LogP contribution in [-0.2, 0) is 21.2 Å². The number of alkyl halides is 3. The summed E-state index contributed by atoms with van der Waals surface area (Å²) in [5, 5.41) is 8.28. The van der Waals surface area contributed by atoms with Crippen LogP contribution in [0.4, 0.5) is 13.2 Å². The highest BCUT2D eigenvalue weighted by Crippen LogP contribution is 2.35. The van der Waals surface area contributed by atoms with Gasteiger partial charge in [0.15, 0.2) is 5.78 Å². The number of ketones is 2. The number of aliphatic carboxylic acids is 1. The number of hydrogen-bond donors (Lipinski definition) is 1. The Kier molecular flexibility index (Phi) is 14.3. The van der Waals surface area contributed by atoms with Gasteiger partial charge in [-0.05, 0) is 30.9 Å². The predicted molar refractivity (Wildman–Crippen MR) is 110 cm³/mol. The summed E-state index contributed by atoms with van der Waals surface area (Å²) in [7, 11) is 0. The van der Waals surface area contributed by atoms with E-state index in [4.69, 9.17) is 5.11 Å². The molecule has 0 aliphatic rings. The van der Waals surface area contributed by atoms with Crippen LogP contribution in [0.25, 0.3) is 0 Å². The van der Waals surface area contributed by atoms with Crippen molar-refractivity contribution in [2.24, 2.45) is 5.92 Å². The largest absolute Gasteiger partial charge is 0.481 e. The van der Waals surface area contributed by atoms with Gasteiger partial charge in [-0.25, -0.2) is 0 Å². The number of carbonyl (C=O) groups excluding carboxylic acids is 2. The average molecular weight is 421 g/mol. The molecule has 0 spiro atoms. The molecule has 0 amide bonds. The highest BCUT2D eigenvalue weighted by Gasteiger charge is 2.35. The van der Waals surface area contributed by atoms with Crippen LogP contribution in [0, 0.1) is 5.92 Å². The summed E-state index contributed by atoms with van der Waals surface area (Å²) >= 11 is 0. The van der Waals surface area contributed by atoms with Crippen molar-refractivity contribution in [2.45, 2.75) is 80.8 Å². The van der Waals surface area contributed by atoms with Gasteiger partial charge in [0.2, 0.25) is 0 Å². The van der Waals surface area contributed by atoms with Crippen LogP contribution in [0.1, 0.15) is 90.7 Å². The summed E-state index contributed by atoms with van der Waals surface area (Å²) in [6.07, 6.45) is -4.36. The van der Waals surface area contributed by atoms with Gasteiger partial charge in [0.05, 0.1) is 11.5 Å². The molecule has 0 heterocycles. The van der Waals surface area contributed by atoms with Gasteiger partial charge in [-0.15, -0.1) is 0 Å². The first-order valence-electron chi connectivity index (χ1n) is 9.02. The maximum atomic E-state index is 12.8. The van der Waals surface area contributed by atoms with E-state index in [2.05, 4.69) is 0 Å². The molecule has 0 aromatic heterocycles. The number of hydrogen-bond acceptors (Lipinski definition) is 3. The molecule has 1 rings (SSSR count). The first-order valence-corrected chi connectivity index (χ1v) is 9.02. The Bertz CT molecular complexity index is 672. The maximum Gasteiger partial charge on any atom is 0.417 e. The molecular formula is C22H35F3O4. The lowest BCUT2D eigenvalue weighted by Gasteiger charge is -2.21. The smallest absolute Gasteiger partial charge is 0.417 e. The van der Waals surface area contributed by atoms with E-state index in [0.717, 1.165) is 13.0 Å². The Morgan fingerprint density at radius 1 is 1.03 bits per heavy atom. The second kappa shape index (κ2) is 13.1. The standard InChI is InChI=1S/C13H15F3O.C6H10O3.C2H6.CH4/c1-8(17)10-6-5-9(12(2,3)4)7-11(10)13(14,15)16;1-4(6(8)9)3-5(2)7;1-2;/h5-7H,1-4H3;4H,3H2,1-2H3,(H,8,9);1-2H3;1H4/t;4-;;/m.0../s1. The number of Topliss-reactive ketones (excluding diaryl/α,β-unsaturated/α-hetero) is 2. The maximum absolute atomic E-state index is 12.8. The zero-order valence-corrected chi connectivity index (χ0v) is 17.8. The molecule has 7 heteroatoms. The molecule has 0 aliphatic heterocycles. The molecule has 1 atom stereocenters. The van der Waals surface area contributed by atoms with Crippen LogP contribution in [-0.4, -0.2) is 22.6 Å². The summed E-state index contributed by atoms with van der Waals surface area (Å²) in [5.74, 6) is -2.10. The van der Waals surface area contributed by atoms with Crippen molar-refractivity contribution in [3.8, 4) is 0 Å². The molecule has 0 fully saturated rings. The minimum atomic E-state index is -4.50. The number of halogens is 3. The molecule has 0 unspecified atom stereocenters. The Hall–Kier alpha value is -2.18. The van der Waals surface area contributed by atoms with Crippen molar-refractivity contribution in [1.29, 1.82) is 0 Å². The second-order valence-electron chi connectivity index (χ2n) is 7.21. The average Bonchev–Trinajstić information content (AvgIpc) is 2.54. The van der Waals surface area contributed by atoms with Crippen LogP contribution in [0.2, 0.25) is 0 Å². The molecule has 1 aromatic carbocycles. The Morgan fingerprint density at radius 2 is 1.48 bits per heavy atom. The normalized spacial score (nSPS) is 11.6. The Balaban J connectivity index is -0.000000482. The third-order valence-electron chi connectivity index (χ3n) is 3.59. The first kappa shape index (κ1) is 31.5. The number of carboxylic acids is 1. The molecule has 1 N–H and O–H groups in total. The molecular weight excluding hydrogens is 385 g/mol. The van der Waals surface area contributed by atoms with E-state index < -0.39 is 29.4 Å². The lowest BCUT2D eigenvalue weighted by atomic mass is 9.84. The van der Waals surface area contributed by atoms with E-state index in [9.17, 15) is 27.6 Å². The molecule has 0 radical (unpaired) electrons. The van der Waals surface area contributed by atoms with Crippen LogP contribution in [0.3, 0.4) is 0 Å². The van der Waals surface area contributed by atoms with Gasteiger partial charge in [0.25, 0.3) is 0 Å². The summed E-state index contributed by atoms with van der Waals surface area (Å²) in [5.41, 5.74) is -0.937. The van der Waals surface area contributed by atoms with Crippen LogP contribution in [0.5, 0.6) is 0 Å². The fraction of sp³-hybridized carbons (Fsp3) is 0.591. The first-order chi connectivity index (χ1) is 12.6. The van der Waals surface area contributed by atoms with E-state index in [0.29, 0.717) is 5.56 Å². The van der Waals surface area contributed by atoms with Crippen molar-refractivity contribution < 1.29 is 32.7 Å². The fourth-order valence-corrected chi connectivity index (χ4v) is 2.07. The molecule has 0 bridgehead atoms. The van der Waals surface area contributed by atoms with Gasteiger partial charge in [-0.2, -0.15) is 13.2 Å². The number of carbonyl (C=O) groups is 3. The fourth-order valence-electron chi connectivity index (χ4n) is 2.07. The molecule has 168 valence electrons. The molecule has 4 nitrogen and oxygen atoms in total. The van der Waals surface area contributed by atoms with Crippen LogP contribution in [0.15, 0.2) is 18.2 Å². The van der Waals surface area contributed by atoms with Crippen LogP contribution >= 0.6 is 0 Å². The van der Waals surface area contributed by atoms with E-state index in [1.165, 1.54) is 19.9 Å². The SMILES string of the molecule is C.CC.CC(=O)C[C@H](C)C(=O)O.CC(=O)c1ccc(C(C)(C)C)cc1C(F)(F)F. The minimum absolute atomic E-state index is 0. The van der Waals surface area contributed by atoms with Gasteiger partial charge >= 0.3 is 12.1 Å². The van der Waals surface area contributed by atoms with E-state index in [1.807, 2.05) is 34.6 Å². The number of rotatable bonds is 4. The summed E-state index contributed by atoms with van der Waals surface area (Å²) < 4.78 is 38.5. The highest BCUT2D eigenvalue weighted by molar-refractivity contribution is 5.95. The number of benzene rings is 1. The van der Waals surface area contributed by atoms with Crippen molar-refractivity contribution in [3.05, 3.63) is 34.9 Å². The third-order valence-corrected chi connectivity index (χ3v) is 3.59. The van der Waals surface area contributed by atoms with Gasteiger partial charge < -0.3 is 9.90 Å². The zero-order chi connectivity index (χ0) is 22.9. The molecule has 0 aliphatic carbocycles. The highest BCUT2D eigenvalue weighted by atomic mass is 19.4. The van der Waals surface area contributed by atoms with Crippen molar-refractivity contribution in [2.75, 3.05) is 0 Å². The molecule has 29 heavy (non-hydrogen) atoms. The quantitative estimate of drug-likeness (QED) is 0.560. The lowest BCUT2D eigenvalue weighted by Crippen LogP contribution is -2.17. The van der Waals surface area contributed by atoms with Gasteiger partial charge in [-0.3, -0.25) is 9.59 Å². The number of carboxylic acid groups (broad SMARTS) is 1. The minimum Gasteiger partial charge on any atom is -0.481 e. The monoisotopic (exact) mass is 420 g/mol. The Morgan fingerprint density at radius 3 is 1.72 bits per heavy atom. The van der Waals surface area contributed by atoms with E-state index in [1.54, 1.807) is 6.07 Å². The van der Waals surface area contributed by atoms with Gasteiger partial charge in [-0.1, -0.05) is 61.1 Å². The van der Waals surface area contributed by atoms with E-state index >= 15 is 0 Å². The Labute approximate surface area is 172 Å².